The monoisotopic (exact) mass is 353 g/mol. The number of hydrogen-bond acceptors (Lipinski definition) is 4. The van der Waals surface area contributed by atoms with Gasteiger partial charge in [0.25, 0.3) is 5.91 Å². The summed E-state index contributed by atoms with van der Waals surface area (Å²) in [5, 5.41) is 12.6. The van der Waals surface area contributed by atoms with Crippen LogP contribution in [0.5, 0.6) is 5.75 Å². The fourth-order valence-electron chi connectivity index (χ4n) is 1.78. The van der Waals surface area contributed by atoms with Gasteiger partial charge < -0.3 is 15.2 Å². The molecule has 2 aromatic carbocycles. The Hall–Kier alpha value is -2.24. The molecule has 0 aliphatic carbocycles. The van der Waals surface area contributed by atoms with Crippen LogP contribution < -0.4 is 5.32 Å². The van der Waals surface area contributed by atoms with Crippen LogP contribution in [0.1, 0.15) is 17.3 Å². The number of halogens is 2. The van der Waals surface area contributed by atoms with E-state index in [0.29, 0.717) is 15.7 Å². The van der Waals surface area contributed by atoms with Crippen molar-refractivity contribution in [2.75, 3.05) is 5.32 Å². The van der Waals surface area contributed by atoms with E-state index < -0.39 is 18.0 Å². The summed E-state index contributed by atoms with van der Waals surface area (Å²) in [6, 6.07) is 10.2. The van der Waals surface area contributed by atoms with Crippen LogP contribution in [0.25, 0.3) is 0 Å². The molecule has 23 heavy (non-hydrogen) atoms. The van der Waals surface area contributed by atoms with Gasteiger partial charge in [-0.2, -0.15) is 0 Å². The Labute approximate surface area is 142 Å². The SMILES string of the molecule is CC(OC(=O)c1cccc(O)c1)C(=O)Nc1cc(Cl)cc(Cl)c1. The first-order valence-electron chi connectivity index (χ1n) is 6.62. The average molecular weight is 354 g/mol. The van der Waals surface area contributed by atoms with Crippen LogP contribution in [-0.4, -0.2) is 23.1 Å². The van der Waals surface area contributed by atoms with E-state index >= 15 is 0 Å². The van der Waals surface area contributed by atoms with Crippen molar-refractivity contribution in [3.05, 3.63) is 58.1 Å². The summed E-state index contributed by atoms with van der Waals surface area (Å²) in [6.45, 7) is 1.43. The summed E-state index contributed by atoms with van der Waals surface area (Å²) in [5.41, 5.74) is 0.545. The minimum atomic E-state index is -1.04. The molecule has 0 radical (unpaired) electrons. The van der Waals surface area contributed by atoms with Gasteiger partial charge in [0.1, 0.15) is 5.75 Å². The molecular formula is C16H13Cl2NO4. The number of anilines is 1. The zero-order valence-electron chi connectivity index (χ0n) is 12.0. The molecule has 1 unspecified atom stereocenters. The fourth-order valence-corrected chi connectivity index (χ4v) is 2.31. The predicted molar refractivity (Wildman–Crippen MR) is 88.1 cm³/mol. The molecule has 0 bridgehead atoms. The average Bonchev–Trinajstić information content (AvgIpc) is 2.45. The van der Waals surface area contributed by atoms with E-state index in [1.54, 1.807) is 0 Å². The van der Waals surface area contributed by atoms with E-state index in [1.165, 1.54) is 49.4 Å². The van der Waals surface area contributed by atoms with Crippen LogP contribution in [0, 0.1) is 0 Å². The highest BCUT2D eigenvalue weighted by molar-refractivity contribution is 6.35. The quantitative estimate of drug-likeness (QED) is 0.817. The number of phenolic OH excluding ortho intramolecular Hbond substituents is 1. The molecule has 2 N–H and O–H groups in total. The maximum absolute atomic E-state index is 12.0. The van der Waals surface area contributed by atoms with Gasteiger partial charge in [-0.3, -0.25) is 4.79 Å². The van der Waals surface area contributed by atoms with Gasteiger partial charge in [-0.25, -0.2) is 4.79 Å². The highest BCUT2D eigenvalue weighted by Crippen LogP contribution is 2.22. The molecule has 0 aliphatic rings. The number of benzene rings is 2. The van der Waals surface area contributed by atoms with E-state index in [0.717, 1.165) is 0 Å². The van der Waals surface area contributed by atoms with Crippen molar-refractivity contribution in [3.8, 4) is 5.75 Å². The van der Waals surface area contributed by atoms with Crippen LogP contribution in [0.3, 0.4) is 0 Å². The second-order valence-corrected chi connectivity index (χ2v) is 5.62. The van der Waals surface area contributed by atoms with Gasteiger partial charge in [-0.05, 0) is 43.3 Å². The summed E-state index contributed by atoms with van der Waals surface area (Å²) in [6.07, 6.45) is -1.04. The van der Waals surface area contributed by atoms with Gasteiger partial charge >= 0.3 is 5.97 Å². The molecule has 5 nitrogen and oxygen atoms in total. The first-order valence-corrected chi connectivity index (χ1v) is 7.38. The number of phenols is 1. The minimum absolute atomic E-state index is 0.0647. The standard InChI is InChI=1S/C16H13Cl2NO4/c1-9(23-16(22)10-3-2-4-14(20)5-10)15(21)19-13-7-11(17)6-12(18)8-13/h2-9,20H,1H3,(H,19,21). The first-order chi connectivity index (χ1) is 10.8. The maximum atomic E-state index is 12.0. The summed E-state index contributed by atoms with van der Waals surface area (Å²) >= 11 is 11.7. The van der Waals surface area contributed by atoms with Crippen molar-refractivity contribution in [2.24, 2.45) is 0 Å². The minimum Gasteiger partial charge on any atom is -0.508 e. The Bertz CT molecular complexity index is 728. The number of nitrogens with one attached hydrogen (secondary N) is 1. The third kappa shape index (κ3) is 4.87. The van der Waals surface area contributed by atoms with Crippen molar-refractivity contribution in [1.29, 1.82) is 0 Å². The molecule has 0 saturated heterocycles. The van der Waals surface area contributed by atoms with Gasteiger partial charge in [0.15, 0.2) is 6.10 Å². The van der Waals surface area contributed by atoms with Crippen LogP contribution in [0.2, 0.25) is 10.0 Å². The van der Waals surface area contributed by atoms with Crippen molar-refractivity contribution < 1.29 is 19.4 Å². The van der Waals surface area contributed by atoms with E-state index in [-0.39, 0.29) is 11.3 Å². The summed E-state index contributed by atoms with van der Waals surface area (Å²) in [5.74, 6) is -1.31. The molecule has 1 atom stereocenters. The smallest absolute Gasteiger partial charge is 0.339 e. The predicted octanol–water partition coefficient (Wildman–Crippen LogP) is 3.88. The molecule has 0 spiro atoms. The molecule has 0 fully saturated rings. The van der Waals surface area contributed by atoms with E-state index in [9.17, 15) is 14.7 Å². The molecule has 1 amide bonds. The molecule has 7 heteroatoms. The number of hydrogen-bond donors (Lipinski definition) is 2. The van der Waals surface area contributed by atoms with Crippen LogP contribution in [0.4, 0.5) is 5.69 Å². The Balaban J connectivity index is 2.01. The maximum Gasteiger partial charge on any atom is 0.339 e. The summed E-state index contributed by atoms with van der Waals surface area (Å²) in [7, 11) is 0. The van der Waals surface area contributed by atoms with E-state index in [2.05, 4.69) is 5.32 Å². The second kappa shape index (κ2) is 7.35. The van der Waals surface area contributed by atoms with Crippen LogP contribution >= 0.6 is 23.2 Å². The lowest BCUT2D eigenvalue weighted by atomic mass is 10.2. The van der Waals surface area contributed by atoms with Gasteiger partial charge in [-0.15, -0.1) is 0 Å². The van der Waals surface area contributed by atoms with Gasteiger partial charge in [0.2, 0.25) is 0 Å². The normalized spacial score (nSPS) is 11.6. The fraction of sp³-hybridized carbons (Fsp3) is 0.125. The third-order valence-electron chi connectivity index (χ3n) is 2.86. The molecule has 0 aromatic heterocycles. The molecular weight excluding hydrogens is 341 g/mol. The number of amides is 1. The van der Waals surface area contributed by atoms with Gasteiger partial charge in [0.05, 0.1) is 5.56 Å². The van der Waals surface area contributed by atoms with Crippen molar-refractivity contribution in [3.63, 3.8) is 0 Å². The lowest BCUT2D eigenvalue weighted by Crippen LogP contribution is -2.30. The van der Waals surface area contributed by atoms with Gasteiger partial charge in [-0.1, -0.05) is 29.3 Å². The highest BCUT2D eigenvalue weighted by Gasteiger charge is 2.19. The van der Waals surface area contributed by atoms with Crippen LogP contribution in [0.15, 0.2) is 42.5 Å². The Kier molecular flexibility index (Phi) is 5.47. The molecule has 120 valence electrons. The largest absolute Gasteiger partial charge is 0.508 e. The van der Waals surface area contributed by atoms with Crippen molar-refractivity contribution in [1.82, 2.24) is 0 Å². The van der Waals surface area contributed by atoms with Crippen molar-refractivity contribution in [2.45, 2.75) is 13.0 Å². The van der Waals surface area contributed by atoms with E-state index in [4.69, 9.17) is 27.9 Å². The number of carbonyl (C=O) groups excluding carboxylic acids is 2. The Morgan fingerprint density at radius 1 is 1.13 bits per heavy atom. The lowest BCUT2D eigenvalue weighted by molar-refractivity contribution is -0.123. The number of carbonyl (C=O) groups is 2. The number of ether oxygens (including phenoxy) is 1. The zero-order valence-corrected chi connectivity index (χ0v) is 13.6. The highest BCUT2D eigenvalue weighted by atomic mass is 35.5. The molecule has 0 aliphatic heterocycles. The third-order valence-corrected chi connectivity index (χ3v) is 3.30. The topological polar surface area (TPSA) is 75.6 Å². The Morgan fingerprint density at radius 2 is 1.78 bits per heavy atom. The molecule has 2 aromatic rings. The molecule has 0 saturated carbocycles. The van der Waals surface area contributed by atoms with Crippen LogP contribution in [-0.2, 0) is 9.53 Å². The lowest BCUT2D eigenvalue weighted by Gasteiger charge is -2.14. The van der Waals surface area contributed by atoms with E-state index in [1.807, 2.05) is 0 Å². The number of rotatable bonds is 4. The summed E-state index contributed by atoms with van der Waals surface area (Å²) in [4.78, 5) is 24.0. The molecule has 2 rings (SSSR count). The summed E-state index contributed by atoms with van der Waals surface area (Å²) < 4.78 is 5.06. The number of esters is 1. The Morgan fingerprint density at radius 3 is 2.39 bits per heavy atom. The van der Waals surface area contributed by atoms with Crippen molar-refractivity contribution >= 4 is 40.8 Å². The number of aromatic hydroxyl groups is 1. The zero-order chi connectivity index (χ0) is 17.0. The molecule has 0 heterocycles. The van der Waals surface area contributed by atoms with Gasteiger partial charge in [0, 0.05) is 15.7 Å². The first kappa shape index (κ1) is 17.1. The second-order valence-electron chi connectivity index (χ2n) is 4.75.